The molecule has 1 saturated carbocycles. The molecule has 2 fully saturated rings. The number of hydrogen-bond donors (Lipinski definition) is 1. The fourth-order valence-electron chi connectivity index (χ4n) is 5.74. The zero-order valence-electron chi connectivity index (χ0n) is 18.4. The Hall–Kier alpha value is -1.95. The molecule has 2 aliphatic rings. The summed E-state index contributed by atoms with van der Waals surface area (Å²) in [6.07, 6.45) is 10.2. The second-order valence-corrected chi connectivity index (χ2v) is 10.3. The first-order valence-corrected chi connectivity index (χ1v) is 12.4. The Bertz CT molecular complexity index is 1010. The average molecular weight is 437 g/mol. The van der Waals surface area contributed by atoms with Gasteiger partial charge < -0.3 is 14.8 Å². The van der Waals surface area contributed by atoms with Crippen molar-refractivity contribution < 1.29 is 9.47 Å². The zero-order chi connectivity index (χ0) is 21.2. The molecule has 0 radical (unpaired) electrons. The predicted octanol–water partition coefficient (Wildman–Crippen LogP) is 5.85. The summed E-state index contributed by atoms with van der Waals surface area (Å²) in [6.45, 7) is 2.65. The second-order valence-electron chi connectivity index (χ2n) is 9.14. The van der Waals surface area contributed by atoms with Crippen LogP contribution in [0.3, 0.4) is 0 Å². The zero-order valence-corrected chi connectivity index (χ0v) is 19.2. The monoisotopic (exact) mass is 436 g/mol. The Labute approximate surface area is 189 Å². The molecule has 1 N–H and O–H groups in total. The Morgan fingerprint density at radius 3 is 2.74 bits per heavy atom. The van der Waals surface area contributed by atoms with E-state index in [1.807, 2.05) is 23.6 Å². The molecule has 3 heterocycles. The van der Waals surface area contributed by atoms with Crippen molar-refractivity contribution in [3.8, 4) is 5.75 Å². The van der Waals surface area contributed by atoms with Crippen LogP contribution >= 0.6 is 11.3 Å². The molecule has 0 unspecified atom stereocenters. The third kappa shape index (κ3) is 4.11. The van der Waals surface area contributed by atoms with Crippen molar-refractivity contribution in [1.29, 1.82) is 0 Å². The van der Waals surface area contributed by atoms with E-state index in [1.54, 1.807) is 7.11 Å². The topological polar surface area (TPSA) is 43.4 Å². The van der Waals surface area contributed by atoms with Crippen LogP contribution in [0.5, 0.6) is 5.75 Å². The number of aromatic nitrogens is 1. The minimum absolute atomic E-state index is 0.0739. The lowest BCUT2D eigenvalue weighted by Crippen LogP contribution is -2.47. The molecule has 1 aliphatic heterocycles. The molecular formula is C26H32N2O2S. The first-order valence-electron chi connectivity index (χ1n) is 11.5. The summed E-state index contributed by atoms with van der Waals surface area (Å²) in [5, 5.41) is 4.93. The van der Waals surface area contributed by atoms with Gasteiger partial charge in [-0.25, -0.2) is 0 Å². The van der Waals surface area contributed by atoms with Crippen molar-refractivity contribution in [2.45, 2.75) is 62.5 Å². The van der Waals surface area contributed by atoms with Gasteiger partial charge in [0.05, 0.1) is 17.6 Å². The molecule has 5 heteroatoms. The van der Waals surface area contributed by atoms with E-state index in [4.69, 9.17) is 14.5 Å². The van der Waals surface area contributed by atoms with E-state index in [0.717, 1.165) is 44.7 Å². The van der Waals surface area contributed by atoms with Gasteiger partial charge in [0.2, 0.25) is 0 Å². The molecule has 1 aromatic carbocycles. The molecule has 31 heavy (non-hydrogen) atoms. The van der Waals surface area contributed by atoms with Gasteiger partial charge in [-0.1, -0.05) is 31.0 Å². The van der Waals surface area contributed by atoms with Crippen molar-refractivity contribution in [3.05, 3.63) is 59.2 Å². The van der Waals surface area contributed by atoms with Crippen LogP contribution in [0.25, 0.3) is 10.1 Å². The minimum Gasteiger partial charge on any atom is -0.495 e. The lowest BCUT2D eigenvalue weighted by atomic mass is 9.68. The third-order valence-corrected chi connectivity index (χ3v) is 8.41. The maximum Gasteiger partial charge on any atom is 0.141 e. The summed E-state index contributed by atoms with van der Waals surface area (Å²) < 4.78 is 13.4. The van der Waals surface area contributed by atoms with E-state index in [9.17, 15) is 0 Å². The average Bonchev–Trinajstić information content (AvgIpc) is 3.41. The highest BCUT2D eigenvalue weighted by molar-refractivity contribution is 7.19. The summed E-state index contributed by atoms with van der Waals surface area (Å²) in [4.78, 5) is 6.09. The SMILES string of the molecule is COc1c(CNCC[C@@]2(c3ccccn3)CCOC3(CCCC3)C2)sc2ccccc12. The van der Waals surface area contributed by atoms with Crippen molar-refractivity contribution in [2.75, 3.05) is 20.3 Å². The number of methoxy groups -OCH3 is 1. The van der Waals surface area contributed by atoms with Gasteiger partial charge in [0.1, 0.15) is 5.75 Å². The number of pyridine rings is 1. The van der Waals surface area contributed by atoms with Crippen LogP contribution in [0.15, 0.2) is 48.7 Å². The quantitative estimate of drug-likeness (QED) is 0.472. The number of hydrogen-bond acceptors (Lipinski definition) is 5. The molecule has 4 nitrogen and oxygen atoms in total. The maximum atomic E-state index is 6.38. The van der Waals surface area contributed by atoms with Crippen molar-refractivity contribution in [1.82, 2.24) is 10.3 Å². The molecular weight excluding hydrogens is 404 g/mol. The Kier molecular flexibility index (Phi) is 6.00. The number of benzene rings is 1. The van der Waals surface area contributed by atoms with Crippen LogP contribution in [0.1, 0.15) is 55.5 Å². The number of rotatable bonds is 7. The lowest BCUT2D eigenvalue weighted by Gasteiger charge is -2.46. The molecule has 164 valence electrons. The van der Waals surface area contributed by atoms with Crippen LogP contribution in [0.4, 0.5) is 0 Å². The maximum absolute atomic E-state index is 6.38. The van der Waals surface area contributed by atoms with E-state index in [-0.39, 0.29) is 11.0 Å². The van der Waals surface area contributed by atoms with Crippen molar-refractivity contribution >= 4 is 21.4 Å². The first kappa shape index (κ1) is 20.9. The first-order chi connectivity index (χ1) is 15.2. The highest BCUT2D eigenvalue weighted by Gasteiger charge is 2.48. The van der Waals surface area contributed by atoms with Gasteiger partial charge in [0.15, 0.2) is 0 Å². The summed E-state index contributed by atoms with van der Waals surface area (Å²) in [6, 6.07) is 14.9. The van der Waals surface area contributed by atoms with Crippen molar-refractivity contribution in [2.24, 2.45) is 0 Å². The van der Waals surface area contributed by atoms with E-state index in [1.165, 1.54) is 46.3 Å². The highest BCUT2D eigenvalue weighted by Crippen LogP contribution is 2.49. The summed E-state index contributed by atoms with van der Waals surface area (Å²) in [5.74, 6) is 1.02. The van der Waals surface area contributed by atoms with Gasteiger partial charge in [-0.2, -0.15) is 0 Å². The summed E-state index contributed by atoms with van der Waals surface area (Å²) in [5.41, 5.74) is 1.41. The van der Waals surface area contributed by atoms with Crippen LogP contribution in [0, 0.1) is 0 Å². The van der Waals surface area contributed by atoms with Gasteiger partial charge in [0, 0.05) is 40.5 Å². The van der Waals surface area contributed by atoms with Gasteiger partial charge in [-0.05, 0) is 62.9 Å². The molecule has 0 bridgehead atoms. The summed E-state index contributed by atoms with van der Waals surface area (Å²) >= 11 is 1.83. The fourth-order valence-corrected chi connectivity index (χ4v) is 6.88. The number of thiophene rings is 1. The molecule has 1 aliphatic carbocycles. The molecule has 2 aromatic heterocycles. The predicted molar refractivity (Wildman–Crippen MR) is 127 cm³/mol. The Balaban J connectivity index is 1.31. The van der Waals surface area contributed by atoms with Crippen LogP contribution < -0.4 is 10.1 Å². The van der Waals surface area contributed by atoms with E-state index >= 15 is 0 Å². The standard InChI is InChI=1S/C26H32N2O2S/c1-29-24-20-8-2-3-9-21(20)31-22(24)18-27-16-13-25(23-10-4-7-15-28-23)14-17-30-26(19-25)11-5-6-12-26/h2-4,7-10,15,27H,5-6,11-14,16-19H2,1H3/t25-/m1/s1. The van der Waals surface area contributed by atoms with E-state index in [0.29, 0.717) is 0 Å². The van der Waals surface area contributed by atoms with Crippen LogP contribution in [-0.2, 0) is 16.7 Å². The highest BCUT2D eigenvalue weighted by atomic mass is 32.1. The molecule has 1 spiro atoms. The van der Waals surface area contributed by atoms with Crippen LogP contribution in [0.2, 0.25) is 0 Å². The molecule has 3 aromatic rings. The number of fused-ring (bicyclic) bond motifs is 1. The molecule has 0 amide bonds. The number of ether oxygens (including phenoxy) is 2. The van der Waals surface area contributed by atoms with Gasteiger partial charge in [-0.3, -0.25) is 4.98 Å². The van der Waals surface area contributed by atoms with Crippen molar-refractivity contribution in [3.63, 3.8) is 0 Å². The fraction of sp³-hybridized carbons (Fsp3) is 0.500. The second kappa shape index (κ2) is 8.89. The Morgan fingerprint density at radius 1 is 1.10 bits per heavy atom. The molecule has 5 rings (SSSR count). The van der Waals surface area contributed by atoms with Crippen LogP contribution in [-0.4, -0.2) is 30.8 Å². The number of nitrogens with zero attached hydrogens (tertiary/aromatic N) is 1. The van der Waals surface area contributed by atoms with Gasteiger partial charge in [-0.15, -0.1) is 11.3 Å². The normalized spacial score (nSPS) is 22.9. The minimum atomic E-state index is 0.0739. The summed E-state index contributed by atoms with van der Waals surface area (Å²) in [7, 11) is 1.77. The largest absolute Gasteiger partial charge is 0.495 e. The van der Waals surface area contributed by atoms with Gasteiger partial charge >= 0.3 is 0 Å². The molecule has 1 saturated heterocycles. The smallest absolute Gasteiger partial charge is 0.141 e. The van der Waals surface area contributed by atoms with E-state index < -0.39 is 0 Å². The third-order valence-electron chi connectivity index (χ3n) is 7.26. The lowest BCUT2D eigenvalue weighted by molar-refractivity contribution is -0.104. The van der Waals surface area contributed by atoms with E-state index in [2.05, 4.69) is 41.7 Å². The Morgan fingerprint density at radius 2 is 1.94 bits per heavy atom. The molecule has 1 atom stereocenters. The van der Waals surface area contributed by atoms with Gasteiger partial charge in [0.25, 0.3) is 0 Å². The number of nitrogens with one attached hydrogen (secondary N) is 1.